The van der Waals surface area contributed by atoms with Gasteiger partial charge in [0.1, 0.15) is 0 Å². The maximum Gasteiger partial charge on any atom is 0.0538 e. The lowest BCUT2D eigenvalue weighted by Gasteiger charge is -1.98. The van der Waals surface area contributed by atoms with Crippen molar-refractivity contribution >= 4 is 34.2 Å². The molecule has 0 unspecified atom stereocenters. The summed E-state index contributed by atoms with van der Waals surface area (Å²) in [5.74, 6) is 0. The molecule has 2 N–H and O–H groups in total. The normalized spacial score (nSPS) is 9.56. The Morgan fingerprint density at radius 2 is 2.11 bits per heavy atom. The van der Waals surface area contributed by atoms with Crippen LogP contribution in [0, 0.1) is 0 Å². The van der Waals surface area contributed by atoms with Gasteiger partial charge in [-0.3, -0.25) is 0 Å². The number of anilines is 1. The van der Waals surface area contributed by atoms with Crippen LogP contribution in [0.15, 0.2) is 27.6 Å². The van der Waals surface area contributed by atoms with Gasteiger partial charge in [0.25, 0.3) is 0 Å². The molecule has 1 aromatic rings. The largest absolute Gasteiger partial charge is 0.398 e. The summed E-state index contributed by atoms with van der Waals surface area (Å²) in [6.07, 6.45) is 0. The molecular formula is C6H6BrNS. The van der Waals surface area contributed by atoms with Crippen LogP contribution in [0.25, 0.3) is 0 Å². The lowest BCUT2D eigenvalue weighted by Crippen LogP contribution is -1.85. The van der Waals surface area contributed by atoms with Gasteiger partial charge in [0, 0.05) is 10.6 Å². The molecule has 0 heterocycles. The summed E-state index contributed by atoms with van der Waals surface area (Å²) in [4.78, 5) is 0.870. The Hall–Kier alpha value is -0.150. The molecule has 0 radical (unpaired) electrons. The Kier molecular flexibility index (Phi) is 2.03. The summed E-state index contributed by atoms with van der Waals surface area (Å²) >= 11 is 7.42. The van der Waals surface area contributed by atoms with Crippen LogP contribution in [0.1, 0.15) is 0 Å². The highest BCUT2D eigenvalue weighted by Crippen LogP contribution is 2.25. The fraction of sp³-hybridized carbons (Fsp3) is 0. The second-order valence-corrected chi connectivity index (χ2v) is 2.96. The van der Waals surface area contributed by atoms with Crippen LogP contribution in [0.4, 0.5) is 5.69 Å². The molecule has 0 spiro atoms. The Labute approximate surface area is 67.8 Å². The highest BCUT2D eigenvalue weighted by atomic mass is 79.9. The van der Waals surface area contributed by atoms with Crippen LogP contribution in [0.5, 0.6) is 0 Å². The third-order valence-corrected chi connectivity index (χ3v) is 2.57. The van der Waals surface area contributed by atoms with Gasteiger partial charge in [-0.1, -0.05) is 6.07 Å². The van der Waals surface area contributed by atoms with Crippen molar-refractivity contribution in [3.63, 3.8) is 0 Å². The van der Waals surface area contributed by atoms with Gasteiger partial charge in [-0.25, -0.2) is 0 Å². The molecule has 1 rings (SSSR count). The molecule has 3 heteroatoms. The number of thiol groups is 1. The SMILES string of the molecule is Nc1cccc(S)c1Br. The quantitative estimate of drug-likeness (QED) is 0.492. The maximum absolute atomic E-state index is 5.52. The maximum atomic E-state index is 5.52. The minimum atomic E-state index is 0.725. The van der Waals surface area contributed by atoms with Gasteiger partial charge in [0.2, 0.25) is 0 Å². The first kappa shape index (κ1) is 6.96. The molecule has 0 saturated heterocycles. The van der Waals surface area contributed by atoms with E-state index in [-0.39, 0.29) is 0 Å². The van der Waals surface area contributed by atoms with E-state index in [1.807, 2.05) is 18.2 Å². The molecular weight excluding hydrogens is 198 g/mol. The zero-order chi connectivity index (χ0) is 6.85. The van der Waals surface area contributed by atoms with Crippen molar-refractivity contribution in [3.8, 4) is 0 Å². The molecule has 0 bridgehead atoms. The zero-order valence-corrected chi connectivity index (χ0v) is 7.12. The van der Waals surface area contributed by atoms with Crippen LogP contribution in [0.2, 0.25) is 0 Å². The lowest BCUT2D eigenvalue weighted by molar-refractivity contribution is 1.42. The summed E-state index contributed by atoms with van der Waals surface area (Å²) in [6.45, 7) is 0. The zero-order valence-electron chi connectivity index (χ0n) is 4.63. The Bertz CT molecular complexity index is 204. The van der Waals surface area contributed by atoms with E-state index in [4.69, 9.17) is 5.73 Å². The summed E-state index contributed by atoms with van der Waals surface area (Å²) in [7, 11) is 0. The van der Waals surface area contributed by atoms with Crippen LogP contribution in [0.3, 0.4) is 0 Å². The minimum Gasteiger partial charge on any atom is -0.398 e. The lowest BCUT2D eigenvalue weighted by atomic mass is 10.3. The van der Waals surface area contributed by atoms with Gasteiger partial charge in [-0.2, -0.15) is 0 Å². The van der Waals surface area contributed by atoms with Gasteiger partial charge in [0.15, 0.2) is 0 Å². The van der Waals surface area contributed by atoms with Crippen LogP contribution < -0.4 is 5.73 Å². The smallest absolute Gasteiger partial charge is 0.0538 e. The first-order valence-corrected chi connectivity index (χ1v) is 3.69. The average molecular weight is 204 g/mol. The minimum absolute atomic E-state index is 0.725. The van der Waals surface area contributed by atoms with Crippen LogP contribution in [-0.2, 0) is 0 Å². The van der Waals surface area contributed by atoms with Crippen molar-refractivity contribution in [2.24, 2.45) is 0 Å². The molecule has 0 fully saturated rings. The molecule has 0 aliphatic rings. The predicted octanol–water partition coefficient (Wildman–Crippen LogP) is 2.32. The monoisotopic (exact) mass is 203 g/mol. The molecule has 0 aromatic heterocycles. The number of halogens is 1. The Morgan fingerprint density at radius 1 is 1.44 bits per heavy atom. The average Bonchev–Trinajstić information content (AvgIpc) is 1.83. The van der Waals surface area contributed by atoms with Crippen molar-refractivity contribution in [1.82, 2.24) is 0 Å². The Morgan fingerprint density at radius 3 is 2.56 bits per heavy atom. The van der Waals surface area contributed by atoms with Gasteiger partial charge in [-0.05, 0) is 28.1 Å². The Balaban J connectivity index is 3.25. The predicted molar refractivity (Wildman–Crippen MR) is 45.8 cm³/mol. The van der Waals surface area contributed by atoms with E-state index < -0.39 is 0 Å². The molecule has 0 aliphatic heterocycles. The molecule has 9 heavy (non-hydrogen) atoms. The number of nitrogens with two attached hydrogens (primary N) is 1. The molecule has 1 aromatic carbocycles. The second kappa shape index (κ2) is 2.62. The molecule has 1 nitrogen and oxygen atoms in total. The number of hydrogen-bond acceptors (Lipinski definition) is 2. The summed E-state index contributed by atoms with van der Waals surface area (Å²) < 4.78 is 0.869. The highest BCUT2D eigenvalue weighted by Gasteiger charge is 1.95. The van der Waals surface area contributed by atoms with E-state index in [1.165, 1.54) is 0 Å². The second-order valence-electron chi connectivity index (χ2n) is 1.68. The number of nitrogen functional groups attached to an aromatic ring is 1. The first-order valence-electron chi connectivity index (χ1n) is 2.45. The molecule has 0 atom stereocenters. The van der Waals surface area contributed by atoms with E-state index in [1.54, 1.807) is 0 Å². The van der Waals surface area contributed by atoms with E-state index in [0.717, 1.165) is 15.1 Å². The van der Waals surface area contributed by atoms with Crippen LogP contribution >= 0.6 is 28.6 Å². The van der Waals surface area contributed by atoms with Crippen molar-refractivity contribution in [2.45, 2.75) is 4.90 Å². The molecule has 0 saturated carbocycles. The highest BCUT2D eigenvalue weighted by molar-refractivity contribution is 9.10. The standard InChI is InChI=1S/C6H6BrNS/c7-6-4(8)2-1-3-5(6)9/h1-3,9H,8H2. The molecule has 0 amide bonds. The first-order chi connectivity index (χ1) is 4.22. The van der Waals surface area contributed by atoms with E-state index in [9.17, 15) is 0 Å². The summed E-state index contributed by atoms with van der Waals surface area (Å²) in [6, 6.07) is 5.57. The van der Waals surface area contributed by atoms with Gasteiger partial charge in [-0.15, -0.1) is 12.6 Å². The molecule has 48 valence electrons. The van der Waals surface area contributed by atoms with E-state index in [2.05, 4.69) is 28.6 Å². The van der Waals surface area contributed by atoms with Crippen molar-refractivity contribution in [2.75, 3.05) is 5.73 Å². The number of hydrogen-bond donors (Lipinski definition) is 2. The fourth-order valence-corrected chi connectivity index (χ4v) is 1.02. The number of rotatable bonds is 0. The number of benzene rings is 1. The molecule has 0 aliphatic carbocycles. The fourth-order valence-electron chi connectivity index (χ4n) is 0.537. The van der Waals surface area contributed by atoms with Crippen molar-refractivity contribution in [3.05, 3.63) is 22.7 Å². The van der Waals surface area contributed by atoms with Crippen LogP contribution in [-0.4, -0.2) is 0 Å². The third kappa shape index (κ3) is 1.40. The van der Waals surface area contributed by atoms with Gasteiger partial charge >= 0.3 is 0 Å². The van der Waals surface area contributed by atoms with Crippen molar-refractivity contribution in [1.29, 1.82) is 0 Å². The third-order valence-electron chi connectivity index (χ3n) is 1.01. The van der Waals surface area contributed by atoms with Gasteiger partial charge in [0.05, 0.1) is 4.47 Å². The summed E-state index contributed by atoms with van der Waals surface area (Å²) in [5.41, 5.74) is 6.25. The van der Waals surface area contributed by atoms with E-state index >= 15 is 0 Å². The van der Waals surface area contributed by atoms with Gasteiger partial charge < -0.3 is 5.73 Å². The van der Waals surface area contributed by atoms with E-state index in [0.29, 0.717) is 0 Å². The van der Waals surface area contributed by atoms with Crippen molar-refractivity contribution < 1.29 is 0 Å². The topological polar surface area (TPSA) is 26.0 Å². The summed E-state index contributed by atoms with van der Waals surface area (Å²) in [5, 5.41) is 0.